The average molecular weight is 281 g/mol. The maximum Gasteiger partial charge on any atom is 0.307 e. The Labute approximate surface area is 121 Å². The largest absolute Gasteiger partial charge is 0.481 e. The second-order valence-electron chi connectivity index (χ2n) is 6.89. The zero-order chi connectivity index (χ0) is 14.9. The summed E-state index contributed by atoms with van der Waals surface area (Å²) < 4.78 is 0. The minimum Gasteiger partial charge on any atom is -0.481 e. The summed E-state index contributed by atoms with van der Waals surface area (Å²) in [7, 11) is 0. The Morgan fingerprint density at radius 2 is 1.65 bits per heavy atom. The van der Waals surface area contributed by atoms with Gasteiger partial charge in [-0.3, -0.25) is 9.59 Å². The molecule has 4 heteroatoms. The van der Waals surface area contributed by atoms with Gasteiger partial charge < -0.3 is 10.0 Å². The van der Waals surface area contributed by atoms with E-state index in [1.165, 1.54) is 0 Å². The second-order valence-corrected chi connectivity index (χ2v) is 6.89. The van der Waals surface area contributed by atoms with Gasteiger partial charge in [0, 0.05) is 12.6 Å². The molecule has 0 bridgehead atoms. The number of carbonyl (C=O) groups excluding carboxylic acids is 1. The molecule has 4 nitrogen and oxygen atoms in total. The molecule has 1 aliphatic carbocycles. The van der Waals surface area contributed by atoms with Gasteiger partial charge in [0.1, 0.15) is 0 Å². The van der Waals surface area contributed by atoms with Crippen LogP contribution >= 0.6 is 0 Å². The number of amides is 1. The number of piperidine rings is 1. The summed E-state index contributed by atoms with van der Waals surface area (Å²) in [6.07, 6.45) is 4.45. The van der Waals surface area contributed by atoms with Gasteiger partial charge in [-0.25, -0.2) is 0 Å². The first-order valence-corrected chi connectivity index (χ1v) is 7.95. The average Bonchev–Trinajstić information content (AvgIpc) is 2.42. The number of carboxylic acid groups (broad SMARTS) is 1. The van der Waals surface area contributed by atoms with Gasteiger partial charge >= 0.3 is 5.97 Å². The van der Waals surface area contributed by atoms with Crippen molar-refractivity contribution in [2.24, 2.45) is 23.7 Å². The summed E-state index contributed by atoms with van der Waals surface area (Å²) in [5.41, 5.74) is 0. The van der Waals surface area contributed by atoms with Crippen LogP contribution in [0.4, 0.5) is 0 Å². The molecule has 1 amide bonds. The molecule has 2 fully saturated rings. The highest BCUT2D eigenvalue weighted by Crippen LogP contribution is 2.35. The number of rotatable bonds is 2. The number of hydrogen-bond acceptors (Lipinski definition) is 2. The molecule has 0 aromatic carbocycles. The number of likely N-dealkylation sites (tertiary alicyclic amines) is 1. The minimum absolute atomic E-state index is 0.0861. The molecular formula is C16H27NO3. The lowest BCUT2D eigenvalue weighted by atomic mass is 9.77. The normalized spacial score (nSPS) is 38.5. The van der Waals surface area contributed by atoms with Crippen molar-refractivity contribution in [2.45, 2.75) is 58.9 Å². The predicted molar refractivity (Wildman–Crippen MR) is 77.2 cm³/mol. The molecule has 114 valence electrons. The Hall–Kier alpha value is -1.06. The first kappa shape index (κ1) is 15.3. The van der Waals surface area contributed by atoms with Crippen molar-refractivity contribution < 1.29 is 14.7 Å². The summed E-state index contributed by atoms with van der Waals surface area (Å²) in [4.78, 5) is 26.2. The van der Waals surface area contributed by atoms with Crippen LogP contribution in [0.3, 0.4) is 0 Å². The fourth-order valence-corrected chi connectivity index (χ4v) is 3.94. The lowest BCUT2D eigenvalue weighted by Gasteiger charge is -2.43. The van der Waals surface area contributed by atoms with E-state index in [4.69, 9.17) is 0 Å². The highest BCUT2D eigenvalue weighted by atomic mass is 16.4. The number of carboxylic acids is 1. The zero-order valence-electron chi connectivity index (χ0n) is 12.8. The van der Waals surface area contributed by atoms with E-state index in [0.29, 0.717) is 18.3 Å². The molecule has 0 spiro atoms. The van der Waals surface area contributed by atoms with Crippen LogP contribution in [0.2, 0.25) is 0 Å². The molecule has 1 saturated carbocycles. The maximum atomic E-state index is 12.8. The van der Waals surface area contributed by atoms with Gasteiger partial charge in [-0.2, -0.15) is 0 Å². The fourth-order valence-electron chi connectivity index (χ4n) is 3.94. The topological polar surface area (TPSA) is 57.6 Å². The van der Waals surface area contributed by atoms with Crippen molar-refractivity contribution in [1.82, 2.24) is 4.90 Å². The highest BCUT2D eigenvalue weighted by molar-refractivity contribution is 5.85. The van der Waals surface area contributed by atoms with Crippen LogP contribution in [-0.2, 0) is 9.59 Å². The molecule has 20 heavy (non-hydrogen) atoms. The first-order valence-electron chi connectivity index (χ1n) is 7.95. The SMILES string of the molecule is CC1CC(C)C(C)N(C(=O)[C@@H]2CCCC[C@@H]2C(=O)O)C1. The van der Waals surface area contributed by atoms with Gasteiger partial charge in [-0.05, 0) is 38.0 Å². The number of carbonyl (C=O) groups is 2. The Bertz CT molecular complexity index is 382. The maximum absolute atomic E-state index is 12.8. The zero-order valence-corrected chi connectivity index (χ0v) is 12.8. The van der Waals surface area contributed by atoms with E-state index in [9.17, 15) is 14.7 Å². The molecule has 5 atom stereocenters. The monoisotopic (exact) mass is 281 g/mol. The molecule has 0 aromatic heterocycles. The third-order valence-corrected chi connectivity index (χ3v) is 5.28. The van der Waals surface area contributed by atoms with Crippen molar-refractivity contribution in [1.29, 1.82) is 0 Å². The van der Waals surface area contributed by atoms with E-state index in [-0.39, 0.29) is 17.9 Å². The standard InChI is InChI=1S/C16H27NO3/c1-10-8-11(2)12(3)17(9-10)15(18)13-6-4-5-7-14(13)16(19)20/h10-14H,4-9H2,1-3H3,(H,19,20)/t10?,11?,12?,13-,14+/m1/s1. The molecule has 1 aliphatic heterocycles. The summed E-state index contributed by atoms with van der Waals surface area (Å²) in [6, 6.07) is 0.232. The van der Waals surface area contributed by atoms with Gasteiger partial charge in [-0.1, -0.05) is 26.7 Å². The Balaban J connectivity index is 2.13. The van der Waals surface area contributed by atoms with Crippen LogP contribution in [0.1, 0.15) is 52.9 Å². The van der Waals surface area contributed by atoms with Crippen LogP contribution in [0.15, 0.2) is 0 Å². The van der Waals surface area contributed by atoms with E-state index in [1.54, 1.807) is 0 Å². The predicted octanol–water partition coefficient (Wildman–Crippen LogP) is 2.77. The smallest absolute Gasteiger partial charge is 0.307 e. The summed E-state index contributed by atoms with van der Waals surface area (Å²) in [5, 5.41) is 9.36. The third kappa shape index (κ3) is 2.99. The molecule has 1 N–H and O–H groups in total. The molecule has 2 aliphatic rings. The van der Waals surface area contributed by atoms with Crippen LogP contribution < -0.4 is 0 Å². The highest BCUT2D eigenvalue weighted by Gasteiger charge is 2.41. The number of aliphatic carboxylic acids is 1. The second kappa shape index (κ2) is 6.15. The first-order chi connectivity index (χ1) is 9.41. The van der Waals surface area contributed by atoms with Crippen molar-refractivity contribution in [3.63, 3.8) is 0 Å². The third-order valence-electron chi connectivity index (χ3n) is 5.28. The van der Waals surface area contributed by atoms with E-state index < -0.39 is 11.9 Å². The molecular weight excluding hydrogens is 254 g/mol. The van der Waals surface area contributed by atoms with E-state index in [1.807, 2.05) is 4.90 Å². The van der Waals surface area contributed by atoms with Gasteiger partial charge in [0.2, 0.25) is 5.91 Å². The molecule has 1 saturated heterocycles. The van der Waals surface area contributed by atoms with Crippen molar-refractivity contribution in [2.75, 3.05) is 6.54 Å². The number of nitrogens with zero attached hydrogens (tertiary/aromatic N) is 1. The summed E-state index contributed by atoms with van der Waals surface area (Å²) in [6.45, 7) is 7.26. The summed E-state index contributed by atoms with van der Waals surface area (Å²) in [5.74, 6) is -0.486. The van der Waals surface area contributed by atoms with Crippen LogP contribution in [0, 0.1) is 23.7 Å². The van der Waals surface area contributed by atoms with E-state index in [0.717, 1.165) is 32.2 Å². The molecule has 0 aromatic rings. The molecule has 0 radical (unpaired) electrons. The minimum atomic E-state index is -0.797. The van der Waals surface area contributed by atoms with Gasteiger partial charge in [-0.15, -0.1) is 0 Å². The van der Waals surface area contributed by atoms with Gasteiger partial charge in [0.05, 0.1) is 11.8 Å². The Morgan fingerprint density at radius 1 is 1.05 bits per heavy atom. The van der Waals surface area contributed by atoms with Crippen molar-refractivity contribution in [3.05, 3.63) is 0 Å². The van der Waals surface area contributed by atoms with Crippen LogP contribution in [-0.4, -0.2) is 34.5 Å². The Morgan fingerprint density at radius 3 is 2.25 bits per heavy atom. The lowest BCUT2D eigenvalue weighted by Crippen LogP contribution is -2.52. The van der Waals surface area contributed by atoms with Crippen LogP contribution in [0.5, 0.6) is 0 Å². The Kier molecular flexibility index (Phi) is 4.71. The van der Waals surface area contributed by atoms with Gasteiger partial charge in [0.15, 0.2) is 0 Å². The quantitative estimate of drug-likeness (QED) is 0.846. The van der Waals surface area contributed by atoms with Gasteiger partial charge in [0.25, 0.3) is 0 Å². The van der Waals surface area contributed by atoms with E-state index in [2.05, 4.69) is 20.8 Å². The van der Waals surface area contributed by atoms with Crippen LogP contribution in [0.25, 0.3) is 0 Å². The molecule has 3 unspecified atom stereocenters. The number of hydrogen-bond donors (Lipinski definition) is 1. The van der Waals surface area contributed by atoms with E-state index >= 15 is 0 Å². The summed E-state index contributed by atoms with van der Waals surface area (Å²) >= 11 is 0. The van der Waals surface area contributed by atoms with Crippen molar-refractivity contribution >= 4 is 11.9 Å². The molecule has 2 rings (SSSR count). The van der Waals surface area contributed by atoms with Crippen molar-refractivity contribution in [3.8, 4) is 0 Å². The lowest BCUT2D eigenvalue weighted by molar-refractivity contribution is -0.155. The molecule has 1 heterocycles. The fraction of sp³-hybridized carbons (Fsp3) is 0.875.